The molecule has 0 radical (unpaired) electrons. The average Bonchev–Trinajstić information content (AvgIpc) is 2.46. The summed E-state index contributed by atoms with van der Waals surface area (Å²) in [7, 11) is 0. The van der Waals surface area contributed by atoms with Gasteiger partial charge in [0.2, 0.25) is 0 Å². The van der Waals surface area contributed by atoms with Crippen LogP contribution in [0.1, 0.15) is 25.8 Å². The molecule has 1 unspecified atom stereocenters. The molecule has 2 rings (SSSR count). The van der Waals surface area contributed by atoms with Gasteiger partial charge in [0.25, 0.3) is 0 Å². The van der Waals surface area contributed by atoms with Gasteiger partial charge < -0.3 is 10.6 Å². The van der Waals surface area contributed by atoms with Crippen molar-refractivity contribution in [1.29, 1.82) is 0 Å². The third kappa shape index (κ3) is 3.41. The lowest BCUT2D eigenvalue weighted by molar-refractivity contribution is 0.192. The van der Waals surface area contributed by atoms with E-state index in [2.05, 4.69) is 29.7 Å². The number of hydrogen-bond donors (Lipinski definition) is 1. The summed E-state index contributed by atoms with van der Waals surface area (Å²) >= 11 is 6.04. The molecule has 1 saturated heterocycles. The summed E-state index contributed by atoms with van der Waals surface area (Å²) < 4.78 is 0. The van der Waals surface area contributed by atoms with Gasteiger partial charge in [-0.2, -0.15) is 0 Å². The fourth-order valence-electron chi connectivity index (χ4n) is 2.69. The van der Waals surface area contributed by atoms with Crippen LogP contribution < -0.4 is 10.6 Å². The van der Waals surface area contributed by atoms with Crippen molar-refractivity contribution in [2.75, 3.05) is 31.1 Å². The van der Waals surface area contributed by atoms with E-state index in [4.69, 9.17) is 17.3 Å². The molecule has 0 aromatic heterocycles. The van der Waals surface area contributed by atoms with Gasteiger partial charge in [-0.05, 0) is 37.1 Å². The molecule has 106 valence electrons. The molecule has 1 heterocycles. The van der Waals surface area contributed by atoms with E-state index in [1.807, 2.05) is 12.1 Å². The third-order valence-electron chi connectivity index (χ3n) is 4.13. The molecule has 0 amide bonds. The zero-order chi connectivity index (χ0) is 13.8. The van der Waals surface area contributed by atoms with Crippen LogP contribution in [-0.2, 0) is 6.54 Å². The van der Waals surface area contributed by atoms with E-state index in [-0.39, 0.29) is 0 Å². The zero-order valence-electron chi connectivity index (χ0n) is 11.9. The Morgan fingerprint density at radius 3 is 2.53 bits per heavy atom. The number of rotatable bonds is 4. The first-order valence-electron chi connectivity index (χ1n) is 7.13. The third-order valence-corrected chi connectivity index (χ3v) is 4.37. The number of anilines is 1. The molecule has 0 aliphatic carbocycles. The molecule has 1 aliphatic rings. The summed E-state index contributed by atoms with van der Waals surface area (Å²) in [6, 6.07) is 6.72. The summed E-state index contributed by atoms with van der Waals surface area (Å²) in [5.74, 6) is 0. The zero-order valence-corrected chi connectivity index (χ0v) is 12.7. The van der Waals surface area contributed by atoms with Crippen LogP contribution in [0.4, 0.5) is 5.69 Å². The molecular formula is C15H24ClN3. The second kappa shape index (κ2) is 6.60. The lowest BCUT2D eigenvalue weighted by Crippen LogP contribution is -2.49. The highest BCUT2D eigenvalue weighted by Gasteiger charge is 2.21. The highest BCUT2D eigenvalue weighted by atomic mass is 35.5. The Labute approximate surface area is 121 Å². The van der Waals surface area contributed by atoms with E-state index in [0.29, 0.717) is 12.6 Å². The predicted octanol–water partition coefficient (Wildman–Crippen LogP) is 2.72. The molecule has 4 heteroatoms. The molecule has 0 saturated carbocycles. The van der Waals surface area contributed by atoms with Crippen LogP contribution in [0.5, 0.6) is 0 Å². The summed E-state index contributed by atoms with van der Waals surface area (Å²) in [6.45, 7) is 9.49. The minimum Gasteiger partial charge on any atom is -0.369 e. The van der Waals surface area contributed by atoms with Crippen molar-refractivity contribution < 1.29 is 0 Å². The van der Waals surface area contributed by atoms with E-state index < -0.39 is 0 Å². The van der Waals surface area contributed by atoms with Gasteiger partial charge >= 0.3 is 0 Å². The Morgan fingerprint density at radius 2 is 1.95 bits per heavy atom. The largest absolute Gasteiger partial charge is 0.369 e. The minimum atomic E-state index is 0.543. The first-order valence-corrected chi connectivity index (χ1v) is 7.51. The molecule has 0 bridgehead atoms. The van der Waals surface area contributed by atoms with E-state index in [1.54, 1.807) is 0 Å². The van der Waals surface area contributed by atoms with Gasteiger partial charge in [-0.15, -0.1) is 0 Å². The summed E-state index contributed by atoms with van der Waals surface area (Å²) in [5.41, 5.74) is 8.22. The van der Waals surface area contributed by atoms with Crippen LogP contribution in [0.25, 0.3) is 0 Å². The Balaban J connectivity index is 2.05. The SMILES string of the molecule is CCC(C)N1CCN(c2ccc(Cl)cc2CN)CC1. The molecule has 1 aromatic rings. The Kier molecular flexibility index (Phi) is 5.08. The standard InChI is InChI=1S/C15H24ClN3/c1-3-12(2)18-6-8-19(9-7-18)15-5-4-14(16)10-13(15)11-17/h4-5,10,12H,3,6-9,11,17H2,1-2H3. The first-order chi connectivity index (χ1) is 9.15. The van der Waals surface area contributed by atoms with Crippen molar-refractivity contribution in [3.05, 3.63) is 28.8 Å². The maximum atomic E-state index is 6.04. The molecule has 19 heavy (non-hydrogen) atoms. The van der Waals surface area contributed by atoms with Crippen LogP contribution in [0, 0.1) is 0 Å². The molecule has 0 spiro atoms. The van der Waals surface area contributed by atoms with Crippen molar-refractivity contribution in [2.45, 2.75) is 32.9 Å². The lowest BCUT2D eigenvalue weighted by atomic mass is 10.1. The molecule has 1 fully saturated rings. The number of piperazine rings is 1. The van der Waals surface area contributed by atoms with Crippen LogP contribution in [0.3, 0.4) is 0 Å². The highest BCUT2D eigenvalue weighted by Crippen LogP contribution is 2.25. The van der Waals surface area contributed by atoms with Crippen molar-refractivity contribution in [3.8, 4) is 0 Å². The quantitative estimate of drug-likeness (QED) is 0.921. The van der Waals surface area contributed by atoms with Gasteiger partial charge in [0.1, 0.15) is 0 Å². The van der Waals surface area contributed by atoms with Gasteiger partial charge in [0.15, 0.2) is 0 Å². The summed E-state index contributed by atoms with van der Waals surface area (Å²) in [6.07, 6.45) is 1.22. The topological polar surface area (TPSA) is 32.5 Å². The van der Waals surface area contributed by atoms with Gasteiger partial charge in [0.05, 0.1) is 0 Å². The summed E-state index contributed by atoms with van der Waals surface area (Å²) in [4.78, 5) is 4.99. The van der Waals surface area contributed by atoms with E-state index in [9.17, 15) is 0 Å². The normalized spacial score (nSPS) is 18.6. The van der Waals surface area contributed by atoms with Gasteiger partial charge in [0, 0.05) is 49.5 Å². The maximum Gasteiger partial charge on any atom is 0.0413 e. The van der Waals surface area contributed by atoms with Gasteiger partial charge in [-0.25, -0.2) is 0 Å². The average molecular weight is 282 g/mol. The number of hydrogen-bond acceptors (Lipinski definition) is 3. The molecule has 2 N–H and O–H groups in total. The minimum absolute atomic E-state index is 0.543. The van der Waals surface area contributed by atoms with E-state index in [0.717, 1.165) is 36.8 Å². The number of halogens is 1. The number of nitrogens with two attached hydrogens (primary N) is 1. The van der Waals surface area contributed by atoms with Crippen molar-refractivity contribution in [1.82, 2.24) is 4.90 Å². The van der Waals surface area contributed by atoms with Crippen LogP contribution in [0.15, 0.2) is 18.2 Å². The summed E-state index contributed by atoms with van der Waals surface area (Å²) in [5, 5.41) is 0.766. The monoisotopic (exact) mass is 281 g/mol. The van der Waals surface area contributed by atoms with E-state index in [1.165, 1.54) is 12.1 Å². The van der Waals surface area contributed by atoms with Crippen molar-refractivity contribution >= 4 is 17.3 Å². The smallest absolute Gasteiger partial charge is 0.0413 e. The van der Waals surface area contributed by atoms with Crippen LogP contribution >= 0.6 is 11.6 Å². The lowest BCUT2D eigenvalue weighted by Gasteiger charge is -2.39. The van der Waals surface area contributed by atoms with Gasteiger partial charge in [-0.3, -0.25) is 4.90 Å². The molecular weight excluding hydrogens is 258 g/mol. The molecule has 1 aromatic carbocycles. The van der Waals surface area contributed by atoms with Crippen molar-refractivity contribution in [3.63, 3.8) is 0 Å². The van der Waals surface area contributed by atoms with Gasteiger partial charge in [-0.1, -0.05) is 18.5 Å². The number of benzene rings is 1. The van der Waals surface area contributed by atoms with E-state index >= 15 is 0 Å². The Bertz CT molecular complexity index is 414. The number of nitrogens with zero attached hydrogens (tertiary/aromatic N) is 2. The Morgan fingerprint density at radius 1 is 1.26 bits per heavy atom. The first kappa shape index (κ1) is 14.6. The maximum absolute atomic E-state index is 6.04. The molecule has 3 nitrogen and oxygen atoms in total. The molecule has 1 atom stereocenters. The second-order valence-electron chi connectivity index (χ2n) is 5.26. The molecule has 1 aliphatic heterocycles. The van der Waals surface area contributed by atoms with Crippen LogP contribution in [-0.4, -0.2) is 37.1 Å². The second-order valence-corrected chi connectivity index (χ2v) is 5.69. The van der Waals surface area contributed by atoms with Crippen LogP contribution in [0.2, 0.25) is 5.02 Å². The fraction of sp³-hybridized carbons (Fsp3) is 0.600. The predicted molar refractivity (Wildman–Crippen MR) is 82.9 cm³/mol. The van der Waals surface area contributed by atoms with Crippen molar-refractivity contribution in [2.24, 2.45) is 5.73 Å². The Hall–Kier alpha value is -0.770. The highest BCUT2D eigenvalue weighted by molar-refractivity contribution is 6.30. The fourth-order valence-corrected chi connectivity index (χ4v) is 2.88.